The standard InChI is InChI=1S/C18H24FN/c1-13(2)20-12-11-18(3,4)16-9-10-17(19)15-8-6-5-7-14(15)16/h5-10,13,20H,11-12H2,1-4H3. The van der Waals surface area contributed by atoms with Crippen LogP contribution in [0.25, 0.3) is 10.8 Å². The molecular formula is C18H24FN. The molecule has 0 aliphatic rings. The Bertz CT molecular complexity index is 587. The monoisotopic (exact) mass is 273 g/mol. The summed E-state index contributed by atoms with van der Waals surface area (Å²) >= 11 is 0. The third kappa shape index (κ3) is 3.18. The molecule has 0 saturated carbocycles. The first-order chi connectivity index (χ1) is 9.42. The maximum Gasteiger partial charge on any atom is 0.131 e. The van der Waals surface area contributed by atoms with Crippen molar-refractivity contribution in [1.82, 2.24) is 5.32 Å². The second-order valence-corrected chi connectivity index (χ2v) is 6.38. The van der Waals surface area contributed by atoms with Crippen LogP contribution in [0.4, 0.5) is 4.39 Å². The molecule has 2 aromatic rings. The quantitative estimate of drug-likeness (QED) is 0.836. The first kappa shape index (κ1) is 15.0. The number of benzene rings is 2. The number of nitrogens with one attached hydrogen (secondary N) is 1. The summed E-state index contributed by atoms with van der Waals surface area (Å²) in [4.78, 5) is 0. The highest BCUT2D eigenvalue weighted by Gasteiger charge is 2.23. The molecule has 0 aliphatic heterocycles. The van der Waals surface area contributed by atoms with Gasteiger partial charge in [0.15, 0.2) is 0 Å². The van der Waals surface area contributed by atoms with Crippen LogP contribution in [0.5, 0.6) is 0 Å². The second kappa shape index (κ2) is 5.92. The lowest BCUT2D eigenvalue weighted by molar-refractivity contribution is 0.444. The van der Waals surface area contributed by atoms with Crippen LogP contribution in [0.1, 0.15) is 39.7 Å². The highest BCUT2D eigenvalue weighted by atomic mass is 19.1. The van der Waals surface area contributed by atoms with Crippen molar-refractivity contribution in [3.63, 3.8) is 0 Å². The van der Waals surface area contributed by atoms with Crippen molar-refractivity contribution < 1.29 is 4.39 Å². The molecule has 1 N–H and O–H groups in total. The van der Waals surface area contributed by atoms with E-state index in [-0.39, 0.29) is 11.2 Å². The van der Waals surface area contributed by atoms with Gasteiger partial charge < -0.3 is 5.32 Å². The maximum atomic E-state index is 13.9. The third-order valence-corrected chi connectivity index (χ3v) is 3.90. The molecule has 20 heavy (non-hydrogen) atoms. The van der Waals surface area contributed by atoms with E-state index >= 15 is 0 Å². The number of rotatable bonds is 5. The Labute approximate surface area is 121 Å². The molecule has 0 fully saturated rings. The molecule has 0 aliphatic carbocycles. The van der Waals surface area contributed by atoms with E-state index in [1.165, 1.54) is 5.56 Å². The fraction of sp³-hybridized carbons (Fsp3) is 0.444. The molecule has 0 aromatic heterocycles. The smallest absolute Gasteiger partial charge is 0.131 e. The van der Waals surface area contributed by atoms with Crippen LogP contribution in [0.15, 0.2) is 36.4 Å². The molecule has 0 bridgehead atoms. The Hall–Kier alpha value is -1.41. The average Bonchev–Trinajstić information content (AvgIpc) is 2.38. The Morgan fingerprint density at radius 2 is 1.70 bits per heavy atom. The third-order valence-electron chi connectivity index (χ3n) is 3.90. The van der Waals surface area contributed by atoms with E-state index in [1.54, 1.807) is 6.07 Å². The molecule has 2 rings (SSSR count). The number of hydrogen-bond acceptors (Lipinski definition) is 1. The van der Waals surface area contributed by atoms with Crippen LogP contribution in [-0.2, 0) is 5.41 Å². The maximum absolute atomic E-state index is 13.9. The zero-order valence-electron chi connectivity index (χ0n) is 12.8. The fourth-order valence-electron chi connectivity index (χ4n) is 2.66. The summed E-state index contributed by atoms with van der Waals surface area (Å²) in [6.07, 6.45) is 1.03. The van der Waals surface area contributed by atoms with Crippen molar-refractivity contribution in [2.45, 2.75) is 45.6 Å². The van der Waals surface area contributed by atoms with Crippen molar-refractivity contribution in [2.24, 2.45) is 0 Å². The van der Waals surface area contributed by atoms with E-state index in [1.807, 2.05) is 30.3 Å². The molecule has 0 radical (unpaired) electrons. The van der Waals surface area contributed by atoms with Gasteiger partial charge in [-0.05, 0) is 35.4 Å². The lowest BCUT2D eigenvalue weighted by Crippen LogP contribution is -2.29. The second-order valence-electron chi connectivity index (χ2n) is 6.38. The van der Waals surface area contributed by atoms with Gasteiger partial charge in [-0.25, -0.2) is 4.39 Å². The highest BCUT2D eigenvalue weighted by Crippen LogP contribution is 2.33. The van der Waals surface area contributed by atoms with Crippen LogP contribution in [-0.4, -0.2) is 12.6 Å². The SMILES string of the molecule is CC(C)NCCC(C)(C)c1ccc(F)c2ccccc12. The van der Waals surface area contributed by atoms with E-state index in [0.29, 0.717) is 6.04 Å². The van der Waals surface area contributed by atoms with Crippen molar-refractivity contribution >= 4 is 10.8 Å². The van der Waals surface area contributed by atoms with Crippen LogP contribution in [0, 0.1) is 5.82 Å². The van der Waals surface area contributed by atoms with Crippen molar-refractivity contribution in [2.75, 3.05) is 6.54 Å². The first-order valence-corrected chi connectivity index (χ1v) is 7.33. The molecule has 1 nitrogen and oxygen atoms in total. The number of hydrogen-bond donors (Lipinski definition) is 1. The minimum atomic E-state index is -0.138. The normalized spacial score (nSPS) is 12.3. The van der Waals surface area contributed by atoms with Crippen molar-refractivity contribution in [3.05, 3.63) is 47.8 Å². The highest BCUT2D eigenvalue weighted by molar-refractivity contribution is 5.87. The molecule has 0 saturated heterocycles. The van der Waals surface area contributed by atoms with Gasteiger partial charge in [0.25, 0.3) is 0 Å². The first-order valence-electron chi connectivity index (χ1n) is 7.33. The van der Waals surface area contributed by atoms with Gasteiger partial charge in [-0.2, -0.15) is 0 Å². The van der Waals surface area contributed by atoms with Crippen molar-refractivity contribution in [3.8, 4) is 0 Å². The molecule has 0 amide bonds. The predicted octanol–water partition coefficient (Wildman–Crippen LogP) is 4.64. The van der Waals surface area contributed by atoms with E-state index in [2.05, 4.69) is 33.0 Å². The number of fused-ring (bicyclic) bond motifs is 1. The lowest BCUT2D eigenvalue weighted by Gasteiger charge is -2.27. The van der Waals surface area contributed by atoms with Crippen LogP contribution >= 0.6 is 0 Å². The van der Waals surface area contributed by atoms with E-state index < -0.39 is 0 Å². The van der Waals surface area contributed by atoms with Gasteiger partial charge in [-0.15, -0.1) is 0 Å². The van der Waals surface area contributed by atoms with Crippen molar-refractivity contribution in [1.29, 1.82) is 0 Å². The van der Waals surface area contributed by atoms with Gasteiger partial charge in [0.2, 0.25) is 0 Å². The average molecular weight is 273 g/mol. The summed E-state index contributed by atoms with van der Waals surface area (Å²) in [5.41, 5.74) is 1.25. The molecule has 2 aromatic carbocycles. The van der Waals surface area contributed by atoms with Gasteiger partial charge in [0.05, 0.1) is 0 Å². The summed E-state index contributed by atoms with van der Waals surface area (Å²) in [6.45, 7) is 9.74. The summed E-state index contributed by atoms with van der Waals surface area (Å²) in [5.74, 6) is -0.138. The zero-order valence-corrected chi connectivity index (χ0v) is 12.8. The van der Waals surface area contributed by atoms with Gasteiger partial charge in [0.1, 0.15) is 5.82 Å². The Morgan fingerprint density at radius 1 is 1.05 bits per heavy atom. The fourth-order valence-corrected chi connectivity index (χ4v) is 2.66. The van der Waals surface area contributed by atoms with Crippen LogP contribution in [0.2, 0.25) is 0 Å². The Kier molecular flexibility index (Phi) is 4.44. The molecule has 0 heterocycles. The van der Waals surface area contributed by atoms with E-state index in [4.69, 9.17) is 0 Å². The summed E-state index contributed by atoms with van der Waals surface area (Å²) in [6, 6.07) is 11.8. The van der Waals surface area contributed by atoms with E-state index in [9.17, 15) is 4.39 Å². The largest absolute Gasteiger partial charge is 0.315 e. The zero-order chi connectivity index (χ0) is 14.8. The number of halogens is 1. The van der Waals surface area contributed by atoms with Gasteiger partial charge in [0, 0.05) is 11.4 Å². The lowest BCUT2D eigenvalue weighted by atomic mass is 9.79. The minimum Gasteiger partial charge on any atom is -0.315 e. The molecule has 2 heteroatoms. The molecule has 0 spiro atoms. The van der Waals surface area contributed by atoms with Gasteiger partial charge in [-0.1, -0.05) is 58.0 Å². The van der Waals surface area contributed by atoms with Crippen LogP contribution in [0.3, 0.4) is 0 Å². The topological polar surface area (TPSA) is 12.0 Å². The Morgan fingerprint density at radius 3 is 2.35 bits per heavy atom. The molecular weight excluding hydrogens is 249 g/mol. The molecule has 0 unspecified atom stereocenters. The predicted molar refractivity (Wildman–Crippen MR) is 84.7 cm³/mol. The minimum absolute atomic E-state index is 0.0230. The van der Waals surface area contributed by atoms with Gasteiger partial charge in [-0.3, -0.25) is 0 Å². The Balaban J connectivity index is 2.34. The summed E-state index contributed by atoms with van der Waals surface area (Å²) < 4.78 is 13.9. The molecule has 108 valence electrons. The van der Waals surface area contributed by atoms with Gasteiger partial charge >= 0.3 is 0 Å². The summed E-state index contributed by atoms with van der Waals surface area (Å²) in [7, 11) is 0. The van der Waals surface area contributed by atoms with Crippen LogP contribution < -0.4 is 5.32 Å². The summed E-state index contributed by atoms with van der Waals surface area (Å²) in [5, 5.41) is 5.20. The molecule has 0 atom stereocenters. The van der Waals surface area contributed by atoms with E-state index in [0.717, 1.165) is 23.7 Å².